The number of imide groups is 1. The van der Waals surface area contributed by atoms with E-state index >= 15 is 8.78 Å². The molecule has 4 amide bonds. The highest BCUT2D eigenvalue weighted by molar-refractivity contribution is 6.48. The smallest absolute Gasteiger partial charge is 0.348 e. The highest BCUT2D eigenvalue weighted by Gasteiger charge is 2.47. The molecule has 0 spiro atoms. The summed E-state index contributed by atoms with van der Waals surface area (Å²) in [6.45, 7) is 0.148. The lowest BCUT2D eigenvalue weighted by Gasteiger charge is -2.41. The van der Waals surface area contributed by atoms with Gasteiger partial charge in [0.2, 0.25) is 19.8 Å². The van der Waals surface area contributed by atoms with Gasteiger partial charge >= 0.3 is 5.92 Å². The summed E-state index contributed by atoms with van der Waals surface area (Å²) in [6.07, 6.45) is 0.374. The highest BCUT2D eigenvalue weighted by atomic mass is 35.5. The number of carbonyl (C=O) groups excluding carboxylic acids is 4. The third-order valence-corrected chi connectivity index (χ3v) is 7.83. The van der Waals surface area contributed by atoms with Crippen molar-refractivity contribution in [2.75, 3.05) is 0 Å². The average Bonchev–Trinajstić information content (AvgIpc) is 3.18. The molecule has 2 aromatic rings. The van der Waals surface area contributed by atoms with Crippen molar-refractivity contribution < 1.29 is 28.0 Å². The van der Waals surface area contributed by atoms with Gasteiger partial charge in [0.25, 0.3) is 11.8 Å². The summed E-state index contributed by atoms with van der Waals surface area (Å²) >= 11 is 5.81. The van der Waals surface area contributed by atoms with Gasteiger partial charge in [-0.05, 0) is 35.0 Å². The van der Waals surface area contributed by atoms with E-state index < -0.39 is 34.7 Å². The first kappa shape index (κ1) is 27.0. The Labute approximate surface area is 222 Å². The van der Waals surface area contributed by atoms with Gasteiger partial charge in [-0.25, -0.2) is 0 Å². The molecule has 2 aliphatic heterocycles. The van der Waals surface area contributed by atoms with Crippen molar-refractivity contribution in [1.82, 2.24) is 15.0 Å². The normalized spacial score (nSPS) is 18.0. The van der Waals surface area contributed by atoms with Gasteiger partial charge in [-0.1, -0.05) is 40.7 Å². The van der Waals surface area contributed by atoms with Gasteiger partial charge in [0.1, 0.15) is 37.4 Å². The van der Waals surface area contributed by atoms with Crippen LogP contribution in [-0.2, 0) is 32.2 Å². The minimum Gasteiger partial charge on any atom is -0.393 e. The number of rotatable bonds is 5. The lowest BCUT2D eigenvalue weighted by atomic mass is 9.52. The Morgan fingerprint density at radius 1 is 1.14 bits per heavy atom. The van der Waals surface area contributed by atoms with Gasteiger partial charge in [0.05, 0.1) is 0 Å². The molecule has 4 rings (SSSR count). The maximum atomic E-state index is 15.2. The van der Waals surface area contributed by atoms with Crippen LogP contribution in [0.25, 0.3) is 0 Å². The number of amides is 4. The Morgan fingerprint density at radius 3 is 2.35 bits per heavy atom. The monoisotopic (exact) mass is 521 g/mol. The summed E-state index contributed by atoms with van der Waals surface area (Å²) in [5.41, 5.74) is 2.60. The van der Waals surface area contributed by atoms with Gasteiger partial charge < -0.3 is 9.71 Å². The number of halogens is 3. The van der Waals surface area contributed by atoms with Crippen molar-refractivity contribution in [2.24, 2.45) is 0 Å². The van der Waals surface area contributed by atoms with Gasteiger partial charge in [0, 0.05) is 29.1 Å². The molecule has 0 aliphatic carbocycles. The molecule has 2 aliphatic rings. The number of alkyl halides is 2. The van der Waals surface area contributed by atoms with Crippen LogP contribution < -0.4 is 16.2 Å². The standard InChI is InChI=1S/C22H23B5ClF2N3O4/c23-13-7-12(22(25,26)33(27)20(37)21(29,30)9-1-3-10(28)4-2-9)17(24)11-8-32(19(36)16(11)13)14-5-6-15(34)31-18(14)35/h1-4,7,14H,5-6,8,23-27H2,(H,31,34,35). The summed E-state index contributed by atoms with van der Waals surface area (Å²) in [5, 5.41) is 1.40. The first-order chi connectivity index (χ1) is 17.2. The summed E-state index contributed by atoms with van der Waals surface area (Å²) in [4.78, 5) is 52.8. The zero-order chi connectivity index (χ0) is 27.4. The minimum atomic E-state index is -3.78. The van der Waals surface area contributed by atoms with E-state index in [0.29, 0.717) is 27.6 Å². The van der Waals surface area contributed by atoms with Crippen LogP contribution >= 0.6 is 11.6 Å². The largest absolute Gasteiger partial charge is 0.393 e. The summed E-state index contributed by atoms with van der Waals surface area (Å²) in [7, 11) is 8.20. The second kappa shape index (κ2) is 9.38. The van der Waals surface area contributed by atoms with Crippen molar-refractivity contribution >= 4 is 85.5 Å². The zero-order valence-corrected chi connectivity index (χ0v) is 22.0. The van der Waals surface area contributed by atoms with E-state index in [-0.39, 0.29) is 36.2 Å². The average molecular weight is 521 g/mol. The van der Waals surface area contributed by atoms with Crippen LogP contribution in [-0.4, -0.2) is 78.7 Å². The summed E-state index contributed by atoms with van der Waals surface area (Å²) in [6, 6.07) is 5.84. The molecule has 2 heterocycles. The topological polar surface area (TPSA) is 86.8 Å². The lowest BCUT2D eigenvalue weighted by Crippen LogP contribution is -2.56. The molecule has 2 aromatic carbocycles. The summed E-state index contributed by atoms with van der Waals surface area (Å²) in [5.74, 6) is -6.35. The van der Waals surface area contributed by atoms with Crippen LogP contribution in [0.5, 0.6) is 0 Å². The molecule has 1 unspecified atom stereocenters. The molecule has 186 valence electrons. The molecule has 0 radical (unpaired) electrons. The molecule has 1 N–H and O–H groups in total. The Bertz CT molecular complexity index is 1340. The van der Waals surface area contributed by atoms with E-state index in [4.69, 9.17) is 11.6 Å². The SMILES string of the molecule is Bc1cc(C(B)(B)N(B)C(=O)C(F)(F)c2ccc(Cl)cc2)c(B)c2c1C(=O)N(C1CCC(=O)NC1=O)C2. The maximum absolute atomic E-state index is 15.2. The molecule has 1 atom stereocenters. The fourth-order valence-corrected chi connectivity index (χ4v) is 5.29. The predicted molar refractivity (Wildman–Crippen MR) is 148 cm³/mol. The summed E-state index contributed by atoms with van der Waals surface area (Å²) < 4.78 is 30.4. The van der Waals surface area contributed by atoms with Crippen molar-refractivity contribution in [3.8, 4) is 0 Å². The number of fused-ring (bicyclic) bond motifs is 1. The van der Waals surface area contributed by atoms with Crippen molar-refractivity contribution in [1.29, 1.82) is 0 Å². The fourth-order valence-electron chi connectivity index (χ4n) is 5.16. The molecule has 1 saturated heterocycles. The van der Waals surface area contributed by atoms with E-state index in [2.05, 4.69) is 5.32 Å². The third-order valence-electron chi connectivity index (χ3n) is 7.58. The van der Waals surface area contributed by atoms with Crippen LogP contribution in [0.1, 0.15) is 39.9 Å². The minimum absolute atomic E-state index is 0.140. The van der Waals surface area contributed by atoms with Crippen LogP contribution in [0.15, 0.2) is 30.3 Å². The van der Waals surface area contributed by atoms with Crippen LogP contribution in [0.3, 0.4) is 0 Å². The highest BCUT2D eigenvalue weighted by Crippen LogP contribution is 2.34. The van der Waals surface area contributed by atoms with Crippen LogP contribution in [0.2, 0.25) is 5.02 Å². The first-order valence-electron chi connectivity index (χ1n) is 11.9. The van der Waals surface area contributed by atoms with Gasteiger partial charge in [0.15, 0.2) is 0 Å². The molecule has 15 heteroatoms. The van der Waals surface area contributed by atoms with Crippen LogP contribution in [0, 0.1) is 0 Å². The molecule has 0 bridgehead atoms. The zero-order valence-electron chi connectivity index (χ0n) is 21.2. The first-order valence-corrected chi connectivity index (χ1v) is 12.3. The van der Waals surface area contributed by atoms with Crippen molar-refractivity contribution in [2.45, 2.75) is 36.7 Å². The van der Waals surface area contributed by atoms with E-state index in [1.807, 2.05) is 0 Å². The van der Waals surface area contributed by atoms with E-state index in [0.717, 1.165) is 16.9 Å². The second-order valence-electron chi connectivity index (χ2n) is 10.1. The Kier molecular flexibility index (Phi) is 6.86. The molecular formula is C22H23B5ClF2N3O4. The quantitative estimate of drug-likeness (QED) is 0.323. The molecule has 0 aromatic heterocycles. The predicted octanol–water partition coefficient (Wildman–Crippen LogP) is -3.84. The Hall–Kier alpha value is -3.01. The number of benzene rings is 2. The molecule has 1 fully saturated rings. The lowest BCUT2D eigenvalue weighted by molar-refractivity contribution is -0.155. The third kappa shape index (κ3) is 4.49. The fraction of sp³-hybridized carbons (Fsp3) is 0.273. The van der Waals surface area contributed by atoms with Crippen molar-refractivity contribution in [3.63, 3.8) is 0 Å². The van der Waals surface area contributed by atoms with Crippen molar-refractivity contribution in [3.05, 3.63) is 57.6 Å². The molecule has 7 nitrogen and oxygen atoms in total. The van der Waals surface area contributed by atoms with E-state index in [1.54, 1.807) is 37.5 Å². The Morgan fingerprint density at radius 2 is 1.76 bits per heavy atom. The van der Waals surface area contributed by atoms with E-state index in [1.165, 1.54) is 25.0 Å². The number of nitrogens with zero attached hydrogens (tertiary/aromatic N) is 2. The molecule has 0 saturated carbocycles. The van der Waals surface area contributed by atoms with Crippen LogP contribution in [0.4, 0.5) is 8.78 Å². The number of hydrogen-bond donors (Lipinski definition) is 1. The molecular weight excluding hydrogens is 498 g/mol. The van der Waals surface area contributed by atoms with Gasteiger partial charge in [-0.3, -0.25) is 24.5 Å². The van der Waals surface area contributed by atoms with Gasteiger partial charge in [-0.15, -0.1) is 0 Å². The Balaban J connectivity index is 1.68. The van der Waals surface area contributed by atoms with E-state index in [9.17, 15) is 19.2 Å². The maximum Gasteiger partial charge on any atom is 0.348 e. The molecule has 37 heavy (non-hydrogen) atoms. The second-order valence-corrected chi connectivity index (χ2v) is 10.6. The van der Waals surface area contributed by atoms with Gasteiger partial charge in [-0.2, -0.15) is 8.78 Å². The number of piperidine rings is 1. The number of hydrogen-bond acceptors (Lipinski definition) is 4. The number of carbonyl (C=O) groups is 4. The number of nitrogens with one attached hydrogen (secondary N) is 1.